The number of nitrogens with zero attached hydrogens (tertiary/aromatic N) is 2. The maximum absolute atomic E-state index is 10.1. The standard InChI is InChI=1S/C11H12N4O2.C6H12/c1-7-8(2)17-11(14-7)9-3-4-10(12-5-9)15-13-6-16;1-2-4-6-5-3-1/h3-6H,1-2H3,(H,12,15)(H,13,16);1-6H2. The Hall–Kier alpha value is -2.37. The molecule has 1 aliphatic rings. The van der Waals surface area contributed by atoms with E-state index in [1.807, 2.05) is 19.9 Å². The predicted octanol–water partition coefficient (Wildman–Crippen LogP) is 3.77. The van der Waals surface area contributed by atoms with E-state index in [2.05, 4.69) is 20.8 Å². The summed E-state index contributed by atoms with van der Waals surface area (Å²) in [6.45, 7) is 3.75. The molecule has 6 heteroatoms. The summed E-state index contributed by atoms with van der Waals surface area (Å²) < 4.78 is 5.48. The molecule has 0 saturated heterocycles. The average Bonchev–Trinajstić information content (AvgIpc) is 2.95. The van der Waals surface area contributed by atoms with Crippen molar-refractivity contribution in [2.45, 2.75) is 52.4 Å². The minimum atomic E-state index is 0.538. The highest BCUT2D eigenvalue weighted by molar-refractivity contribution is 5.56. The Bertz CT molecular complexity index is 573. The molecule has 1 saturated carbocycles. The van der Waals surface area contributed by atoms with Gasteiger partial charge in [-0.3, -0.25) is 15.6 Å². The molecule has 2 heterocycles. The lowest BCUT2D eigenvalue weighted by Crippen LogP contribution is -2.19. The molecule has 3 rings (SSSR count). The molecule has 0 atom stereocenters. The topological polar surface area (TPSA) is 80.0 Å². The zero-order valence-corrected chi connectivity index (χ0v) is 13.8. The van der Waals surface area contributed by atoms with Gasteiger partial charge in [0.1, 0.15) is 11.6 Å². The highest BCUT2D eigenvalue weighted by Crippen LogP contribution is 2.21. The molecular weight excluding hydrogens is 292 g/mol. The Morgan fingerprint density at radius 1 is 1.09 bits per heavy atom. The lowest BCUT2D eigenvalue weighted by Gasteiger charge is -2.05. The van der Waals surface area contributed by atoms with Crippen LogP contribution >= 0.6 is 0 Å². The van der Waals surface area contributed by atoms with E-state index in [9.17, 15) is 4.79 Å². The second-order valence-electron chi connectivity index (χ2n) is 5.60. The molecule has 0 bridgehead atoms. The molecule has 0 aromatic carbocycles. The first kappa shape index (κ1) is 17.0. The zero-order valence-electron chi connectivity index (χ0n) is 13.8. The second kappa shape index (κ2) is 8.92. The van der Waals surface area contributed by atoms with Gasteiger partial charge in [0, 0.05) is 6.20 Å². The minimum Gasteiger partial charge on any atom is -0.441 e. The van der Waals surface area contributed by atoms with Gasteiger partial charge >= 0.3 is 0 Å². The molecule has 0 radical (unpaired) electrons. The van der Waals surface area contributed by atoms with Gasteiger partial charge in [-0.2, -0.15) is 0 Å². The summed E-state index contributed by atoms with van der Waals surface area (Å²) in [5.74, 6) is 1.88. The molecule has 1 amide bonds. The predicted molar refractivity (Wildman–Crippen MR) is 89.7 cm³/mol. The van der Waals surface area contributed by atoms with Crippen molar-refractivity contribution in [1.29, 1.82) is 0 Å². The number of carbonyl (C=O) groups is 1. The zero-order chi connectivity index (χ0) is 16.5. The van der Waals surface area contributed by atoms with Gasteiger partial charge < -0.3 is 4.42 Å². The molecule has 124 valence electrons. The van der Waals surface area contributed by atoms with Crippen molar-refractivity contribution in [3.05, 3.63) is 29.8 Å². The first-order valence-electron chi connectivity index (χ1n) is 8.06. The molecule has 23 heavy (non-hydrogen) atoms. The maximum Gasteiger partial charge on any atom is 0.228 e. The number of aromatic nitrogens is 2. The van der Waals surface area contributed by atoms with Crippen molar-refractivity contribution in [2.24, 2.45) is 0 Å². The van der Waals surface area contributed by atoms with Crippen LogP contribution < -0.4 is 10.9 Å². The third kappa shape index (κ3) is 5.39. The number of pyridine rings is 1. The van der Waals surface area contributed by atoms with Crippen LogP contribution in [0.2, 0.25) is 0 Å². The van der Waals surface area contributed by atoms with Crippen LogP contribution in [0.1, 0.15) is 50.0 Å². The van der Waals surface area contributed by atoms with Gasteiger partial charge in [-0.25, -0.2) is 9.97 Å². The third-order valence-electron chi connectivity index (χ3n) is 3.80. The Morgan fingerprint density at radius 2 is 1.74 bits per heavy atom. The summed E-state index contributed by atoms with van der Waals surface area (Å²) in [7, 11) is 0. The fourth-order valence-electron chi connectivity index (χ4n) is 2.35. The number of nitrogens with one attached hydrogen (secondary N) is 2. The first-order valence-corrected chi connectivity index (χ1v) is 8.06. The summed E-state index contributed by atoms with van der Waals surface area (Å²) in [6, 6.07) is 3.53. The van der Waals surface area contributed by atoms with Crippen LogP contribution in [0.5, 0.6) is 0 Å². The molecule has 0 unspecified atom stereocenters. The SMILES string of the molecule is C1CCCCC1.Cc1nc(-c2ccc(NNC=O)nc2)oc1C. The van der Waals surface area contributed by atoms with Crippen LogP contribution in [0.25, 0.3) is 11.5 Å². The van der Waals surface area contributed by atoms with Gasteiger partial charge in [0.05, 0.1) is 11.3 Å². The highest BCUT2D eigenvalue weighted by atomic mass is 16.4. The summed E-state index contributed by atoms with van der Waals surface area (Å²) in [6.07, 6.45) is 11.2. The van der Waals surface area contributed by atoms with E-state index in [-0.39, 0.29) is 0 Å². The number of rotatable bonds is 4. The van der Waals surface area contributed by atoms with Gasteiger partial charge in [0.15, 0.2) is 0 Å². The molecule has 1 aliphatic carbocycles. The van der Waals surface area contributed by atoms with E-state index in [1.165, 1.54) is 38.5 Å². The van der Waals surface area contributed by atoms with Crippen molar-refractivity contribution in [1.82, 2.24) is 15.4 Å². The van der Waals surface area contributed by atoms with Gasteiger partial charge in [-0.05, 0) is 26.0 Å². The monoisotopic (exact) mass is 316 g/mol. The van der Waals surface area contributed by atoms with Crippen LogP contribution in [0.4, 0.5) is 5.82 Å². The van der Waals surface area contributed by atoms with Crippen LogP contribution in [0.3, 0.4) is 0 Å². The van der Waals surface area contributed by atoms with E-state index in [1.54, 1.807) is 12.3 Å². The van der Waals surface area contributed by atoms with E-state index < -0.39 is 0 Å². The van der Waals surface area contributed by atoms with Crippen molar-refractivity contribution in [2.75, 3.05) is 5.43 Å². The lowest BCUT2D eigenvalue weighted by atomic mass is 10.0. The number of aryl methyl sites for hydroxylation is 2. The van der Waals surface area contributed by atoms with Crippen molar-refractivity contribution in [3.8, 4) is 11.5 Å². The molecule has 2 aromatic rings. The summed E-state index contributed by atoms with van der Waals surface area (Å²) in [4.78, 5) is 18.5. The average molecular weight is 316 g/mol. The quantitative estimate of drug-likeness (QED) is 0.663. The smallest absolute Gasteiger partial charge is 0.228 e. The van der Waals surface area contributed by atoms with Crippen molar-refractivity contribution in [3.63, 3.8) is 0 Å². The second-order valence-corrected chi connectivity index (χ2v) is 5.60. The summed E-state index contributed by atoms with van der Waals surface area (Å²) >= 11 is 0. The van der Waals surface area contributed by atoms with E-state index in [0.717, 1.165) is 17.0 Å². The molecule has 1 fully saturated rings. The Morgan fingerprint density at radius 3 is 2.17 bits per heavy atom. The molecular formula is C17H24N4O2. The number of anilines is 1. The number of hydrogen-bond donors (Lipinski definition) is 2. The first-order chi connectivity index (χ1) is 11.2. The van der Waals surface area contributed by atoms with Gasteiger partial charge in [-0.1, -0.05) is 38.5 Å². The number of oxazole rings is 1. The summed E-state index contributed by atoms with van der Waals surface area (Å²) in [5.41, 5.74) is 6.57. The number of amides is 1. The van der Waals surface area contributed by atoms with Crippen molar-refractivity contribution >= 4 is 12.2 Å². The van der Waals surface area contributed by atoms with Crippen molar-refractivity contribution < 1.29 is 9.21 Å². The van der Waals surface area contributed by atoms with E-state index >= 15 is 0 Å². The van der Waals surface area contributed by atoms with Gasteiger partial charge in [-0.15, -0.1) is 0 Å². The van der Waals surface area contributed by atoms with E-state index in [4.69, 9.17) is 4.42 Å². The highest BCUT2D eigenvalue weighted by Gasteiger charge is 2.08. The lowest BCUT2D eigenvalue weighted by molar-refractivity contribution is -0.109. The number of carbonyl (C=O) groups excluding carboxylic acids is 1. The Labute approximate surface area is 136 Å². The van der Waals surface area contributed by atoms with Gasteiger partial charge in [0.25, 0.3) is 0 Å². The Balaban J connectivity index is 0.000000268. The number of hydrogen-bond acceptors (Lipinski definition) is 5. The van der Waals surface area contributed by atoms with Gasteiger partial charge in [0.2, 0.25) is 12.3 Å². The third-order valence-corrected chi connectivity index (χ3v) is 3.80. The minimum absolute atomic E-state index is 0.538. The largest absolute Gasteiger partial charge is 0.441 e. The Kier molecular flexibility index (Phi) is 6.59. The fourth-order valence-corrected chi connectivity index (χ4v) is 2.35. The normalized spacial score (nSPS) is 13.7. The molecule has 2 aromatic heterocycles. The van der Waals surface area contributed by atoms with Crippen LogP contribution in [-0.2, 0) is 4.79 Å². The fraction of sp³-hybridized carbons (Fsp3) is 0.471. The van der Waals surface area contributed by atoms with Crippen LogP contribution in [-0.4, -0.2) is 16.4 Å². The molecule has 0 aliphatic heterocycles. The van der Waals surface area contributed by atoms with E-state index in [0.29, 0.717) is 18.1 Å². The maximum atomic E-state index is 10.1. The molecule has 0 spiro atoms. The van der Waals surface area contributed by atoms with Crippen LogP contribution in [0, 0.1) is 13.8 Å². The molecule has 6 nitrogen and oxygen atoms in total. The number of hydrazine groups is 1. The van der Waals surface area contributed by atoms with Crippen LogP contribution in [0.15, 0.2) is 22.7 Å². The molecule has 2 N–H and O–H groups in total. The summed E-state index contributed by atoms with van der Waals surface area (Å²) in [5, 5.41) is 0.